The van der Waals surface area contributed by atoms with Gasteiger partial charge in [-0.3, -0.25) is 0 Å². The molecule has 5 fully saturated rings. The first-order valence-corrected chi connectivity index (χ1v) is 16.2. The van der Waals surface area contributed by atoms with Crippen molar-refractivity contribution >= 4 is 0 Å². The molecule has 12 atom stereocenters. The highest BCUT2D eigenvalue weighted by molar-refractivity contribution is 5.09. The second kappa shape index (κ2) is 10.7. The highest BCUT2D eigenvalue weighted by atomic mass is 16.6. The first kappa shape index (κ1) is 30.0. The second-order valence-electron chi connectivity index (χ2n) is 15.4. The van der Waals surface area contributed by atoms with Crippen molar-refractivity contribution in [2.24, 2.45) is 35.0 Å². The van der Waals surface area contributed by atoms with Crippen molar-refractivity contribution in [2.75, 3.05) is 26.4 Å². The average Bonchev–Trinajstić information content (AvgIpc) is 3.75. The van der Waals surface area contributed by atoms with Crippen LogP contribution in [0.15, 0.2) is 12.7 Å². The van der Waals surface area contributed by atoms with Crippen molar-refractivity contribution < 1.29 is 23.7 Å². The molecule has 5 saturated heterocycles. The summed E-state index contributed by atoms with van der Waals surface area (Å²) in [6.45, 7) is 26.6. The van der Waals surface area contributed by atoms with Gasteiger partial charge in [0.05, 0.1) is 61.0 Å². The van der Waals surface area contributed by atoms with Crippen LogP contribution in [0.1, 0.15) is 107 Å². The Morgan fingerprint density at radius 3 is 1.59 bits per heavy atom. The van der Waals surface area contributed by atoms with E-state index >= 15 is 0 Å². The van der Waals surface area contributed by atoms with E-state index in [2.05, 4.69) is 68.0 Å². The maximum absolute atomic E-state index is 6.39. The Hall–Kier alpha value is -0.460. The molecule has 5 nitrogen and oxygen atoms in total. The quantitative estimate of drug-likeness (QED) is 0.125. The first-order chi connectivity index (χ1) is 18.3. The van der Waals surface area contributed by atoms with Crippen LogP contribution >= 0.6 is 0 Å². The van der Waals surface area contributed by atoms with Gasteiger partial charge in [-0.05, 0) is 94.8 Å². The number of rotatable bonds is 19. The number of epoxide rings is 5. The molecule has 0 spiro atoms. The van der Waals surface area contributed by atoms with Crippen LogP contribution < -0.4 is 0 Å². The van der Waals surface area contributed by atoms with Crippen molar-refractivity contribution in [2.45, 2.75) is 141 Å². The Kier molecular flexibility index (Phi) is 8.21. The van der Waals surface area contributed by atoms with Crippen LogP contribution in [-0.4, -0.2) is 61.0 Å². The van der Waals surface area contributed by atoms with Crippen molar-refractivity contribution in [3.8, 4) is 0 Å². The summed E-state index contributed by atoms with van der Waals surface area (Å²) in [6, 6.07) is 0. The van der Waals surface area contributed by atoms with Crippen LogP contribution in [0.4, 0.5) is 0 Å². The van der Waals surface area contributed by atoms with E-state index in [1.165, 1.54) is 25.7 Å². The topological polar surface area (TPSA) is 62.6 Å². The van der Waals surface area contributed by atoms with Crippen LogP contribution in [0, 0.1) is 35.0 Å². The van der Waals surface area contributed by atoms with E-state index in [4.69, 9.17) is 23.7 Å². The predicted octanol–water partition coefficient (Wildman–Crippen LogP) is 7.36. The Bertz CT molecular complexity index is 869. The summed E-state index contributed by atoms with van der Waals surface area (Å²) in [7, 11) is 0. The van der Waals surface area contributed by atoms with Crippen molar-refractivity contribution in [1.29, 1.82) is 0 Å². The fraction of sp³-hybridized carbons (Fsp3) is 0.941. The van der Waals surface area contributed by atoms with Gasteiger partial charge in [-0.15, -0.1) is 6.58 Å². The summed E-state index contributed by atoms with van der Waals surface area (Å²) in [5.41, 5.74) is 0.446. The van der Waals surface area contributed by atoms with Gasteiger partial charge in [-0.2, -0.15) is 0 Å². The highest BCUT2D eigenvalue weighted by Crippen LogP contribution is 2.51. The minimum Gasteiger partial charge on any atom is -0.370 e. The molecule has 0 aromatic carbocycles. The normalized spacial score (nSPS) is 43.5. The van der Waals surface area contributed by atoms with Gasteiger partial charge in [0.25, 0.3) is 0 Å². The Morgan fingerprint density at radius 2 is 1.18 bits per heavy atom. The van der Waals surface area contributed by atoms with Gasteiger partial charge < -0.3 is 23.7 Å². The summed E-state index contributed by atoms with van der Waals surface area (Å²) in [5.74, 6) is 2.91. The predicted molar refractivity (Wildman–Crippen MR) is 156 cm³/mol. The summed E-state index contributed by atoms with van der Waals surface area (Å²) in [6.07, 6.45) is 12.2. The van der Waals surface area contributed by atoms with E-state index in [0.717, 1.165) is 52.1 Å². The number of ether oxygens (including phenoxy) is 5. The lowest BCUT2D eigenvalue weighted by Gasteiger charge is -2.29. The monoisotopic (exact) mass is 546 g/mol. The van der Waals surface area contributed by atoms with E-state index in [-0.39, 0.29) is 27.8 Å². The van der Waals surface area contributed by atoms with Gasteiger partial charge in [-0.1, -0.05) is 47.6 Å². The van der Waals surface area contributed by atoms with Gasteiger partial charge in [0, 0.05) is 5.41 Å². The molecule has 0 saturated carbocycles. The summed E-state index contributed by atoms with van der Waals surface area (Å²) >= 11 is 0. The first-order valence-electron chi connectivity index (χ1n) is 16.2. The molecule has 5 aliphatic heterocycles. The van der Waals surface area contributed by atoms with Crippen LogP contribution in [0.2, 0.25) is 0 Å². The molecule has 224 valence electrons. The van der Waals surface area contributed by atoms with Crippen molar-refractivity contribution in [3.63, 3.8) is 0 Å². The molecule has 39 heavy (non-hydrogen) atoms. The second-order valence-corrected chi connectivity index (χ2v) is 15.4. The van der Waals surface area contributed by atoms with Crippen LogP contribution in [-0.2, 0) is 23.7 Å². The minimum atomic E-state index is 0.0233. The molecule has 0 N–H and O–H groups in total. The van der Waals surface area contributed by atoms with Crippen LogP contribution in [0.3, 0.4) is 0 Å². The maximum atomic E-state index is 6.39. The molecule has 5 heterocycles. The molecular weight excluding hydrogens is 488 g/mol. The molecular formula is C34H58O5. The third-order valence-corrected chi connectivity index (χ3v) is 12.5. The molecule has 0 aromatic rings. The van der Waals surface area contributed by atoms with E-state index < -0.39 is 0 Å². The van der Waals surface area contributed by atoms with E-state index in [9.17, 15) is 0 Å². The Balaban J connectivity index is 1.03. The largest absolute Gasteiger partial charge is 0.370 e. The molecule has 12 unspecified atom stereocenters. The van der Waals surface area contributed by atoms with Crippen molar-refractivity contribution in [1.82, 2.24) is 0 Å². The molecule has 0 aromatic heterocycles. The van der Waals surface area contributed by atoms with E-state index in [1.54, 1.807) is 0 Å². The Labute approximate surface area is 239 Å². The zero-order valence-corrected chi connectivity index (χ0v) is 26.4. The third-order valence-electron chi connectivity index (χ3n) is 12.5. The molecule has 0 aliphatic carbocycles. The molecule has 0 amide bonds. The molecule has 5 aliphatic rings. The number of hydrogen-bond donors (Lipinski definition) is 0. The summed E-state index contributed by atoms with van der Waals surface area (Å²) in [5, 5.41) is 0. The van der Waals surface area contributed by atoms with Gasteiger partial charge >= 0.3 is 0 Å². The lowest BCUT2D eigenvalue weighted by atomic mass is 9.74. The third kappa shape index (κ3) is 6.48. The zero-order valence-electron chi connectivity index (χ0n) is 26.4. The number of hydrogen-bond acceptors (Lipinski definition) is 5. The van der Waals surface area contributed by atoms with Gasteiger partial charge in [0.2, 0.25) is 0 Å². The zero-order chi connectivity index (χ0) is 28.3. The van der Waals surface area contributed by atoms with Crippen LogP contribution in [0.25, 0.3) is 0 Å². The molecule has 0 bridgehead atoms. The van der Waals surface area contributed by atoms with E-state index in [0.29, 0.717) is 41.8 Å². The Morgan fingerprint density at radius 1 is 0.718 bits per heavy atom. The molecule has 5 rings (SSSR count). The fourth-order valence-electron chi connectivity index (χ4n) is 7.04. The molecule has 0 radical (unpaired) electrons. The fourth-order valence-corrected chi connectivity index (χ4v) is 7.04. The minimum absolute atomic E-state index is 0.0233. The highest BCUT2D eigenvalue weighted by Gasteiger charge is 2.56. The van der Waals surface area contributed by atoms with Gasteiger partial charge in [0.1, 0.15) is 0 Å². The summed E-state index contributed by atoms with van der Waals surface area (Å²) < 4.78 is 29.9. The standard InChI is InChI=1S/C34H58O5/c1-10-30(7,16-13-27(6)34(22-38-34)18-15-25(4)32(9)20-36-32)29-28(39-29)23(2)11-12-26(5)33(21-37-33)17-14-24(3)31(8)19-35-31/h10,23-29H,1,11-22H2,2-9H3. The van der Waals surface area contributed by atoms with Crippen LogP contribution in [0.5, 0.6) is 0 Å². The van der Waals surface area contributed by atoms with Crippen molar-refractivity contribution in [3.05, 3.63) is 12.7 Å². The molecule has 5 heteroatoms. The van der Waals surface area contributed by atoms with Gasteiger partial charge in [-0.25, -0.2) is 0 Å². The lowest BCUT2D eigenvalue weighted by Crippen LogP contribution is -2.29. The smallest absolute Gasteiger partial charge is 0.0942 e. The van der Waals surface area contributed by atoms with E-state index in [1.807, 2.05) is 0 Å². The SMILES string of the molecule is C=CC(C)(CCC(C)C1(CCC(C)C2(C)CO2)CO1)C1OC1C(C)CCC(C)C1(CCC(C)C2(C)CO2)CO1. The average molecular weight is 547 g/mol. The van der Waals surface area contributed by atoms with Gasteiger partial charge in [0.15, 0.2) is 0 Å². The lowest BCUT2D eigenvalue weighted by molar-refractivity contribution is 0.158. The summed E-state index contributed by atoms with van der Waals surface area (Å²) in [4.78, 5) is 0. The maximum Gasteiger partial charge on any atom is 0.0942 e.